The molecule has 5 rings (SSSR count). The number of fused-ring (bicyclic) bond motifs is 1. The number of H-pyrrole nitrogens is 1. The van der Waals surface area contributed by atoms with Gasteiger partial charge in [0.25, 0.3) is 5.91 Å². The van der Waals surface area contributed by atoms with Crippen molar-refractivity contribution >= 4 is 22.7 Å². The van der Waals surface area contributed by atoms with Crippen molar-refractivity contribution in [1.82, 2.24) is 14.8 Å². The third-order valence-corrected chi connectivity index (χ3v) is 6.98. The molecule has 9 heteroatoms. The third kappa shape index (κ3) is 6.30. The number of aromatic nitrogens is 1. The SMILES string of the molecule is O=C(CN(C(=O)c1ccc(F)cc1)C1CC1)N(CCc1c[nH]c2ccccc12)Cc1ccc(C(F)(F)F)cc1. The molecule has 1 saturated carbocycles. The Morgan fingerprint density at radius 3 is 2.28 bits per heavy atom. The number of alkyl halides is 3. The zero-order valence-electron chi connectivity index (χ0n) is 21.0. The number of halogens is 4. The molecule has 0 unspecified atom stereocenters. The van der Waals surface area contributed by atoms with Crippen molar-refractivity contribution < 1.29 is 27.2 Å². The van der Waals surface area contributed by atoms with Crippen LogP contribution >= 0.6 is 0 Å². The Hall–Kier alpha value is -4.14. The zero-order valence-corrected chi connectivity index (χ0v) is 21.0. The van der Waals surface area contributed by atoms with Gasteiger partial charge >= 0.3 is 6.18 Å². The molecule has 2 amide bonds. The van der Waals surface area contributed by atoms with Crippen LogP contribution in [0.25, 0.3) is 10.9 Å². The third-order valence-electron chi connectivity index (χ3n) is 6.98. The quantitative estimate of drug-likeness (QED) is 0.259. The van der Waals surface area contributed by atoms with Gasteiger partial charge in [-0.05, 0) is 72.9 Å². The number of hydrogen-bond acceptors (Lipinski definition) is 2. The highest BCUT2D eigenvalue weighted by Crippen LogP contribution is 2.30. The van der Waals surface area contributed by atoms with E-state index in [9.17, 15) is 27.2 Å². The minimum atomic E-state index is -4.45. The summed E-state index contributed by atoms with van der Waals surface area (Å²) in [6.07, 6.45) is -0.497. The second-order valence-corrected chi connectivity index (χ2v) is 9.79. The first-order valence-corrected chi connectivity index (χ1v) is 12.7. The molecule has 1 fully saturated rings. The number of nitrogens with zero attached hydrogens (tertiary/aromatic N) is 2. The summed E-state index contributed by atoms with van der Waals surface area (Å²) in [6.45, 7) is 0.239. The summed E-state index contributed by atoms with van der Waals surface area (Å²) >= 11 is 0. The Bertz CT molecular complexity index is 1460. The molecule has 5 nitrogen and oxygen atoms in total. The molecule has 0 radical (unpaired) electrons. The summed E-state index contributed by atoms with van der Waals surface area (Å²) in [6, 6.07) is 17.7. The van der Waals surface area contributed by atoms with E-state index in [2.05, 4.69) is 4.98 Å². The van der Waals surface area contributed by atoms with E-state index in [1.54, 1.807) is 4.90 Å². The Morgan fingerprint density at radius 1 is 0.923 bits per heavy atom. The van der Waals surface area contributed by atoms with Gasteiger partial charge in [0.1, 0.15) is 12.4 Å². The highest BCUT2D eigenvalue weighted by molar-refractivity contribution is 5.97. The number of benzene rings is 3. The molecule has 1 aliphatic carbocycles. The monoisotopic (exact) mass is 537 g/mol. The number of nitrogens with one attached hydrogen (secondary N) is 1. The summed E-state index contributed by atoms with van der Waals surface area (Å²) in [5.74, 6) is -1.12. The second kappa shape index (κ2) is 10.9. The van der Waals surface area contributed by atoms with Crippen LogP contribution in [0.1, 0.15) is 39.9 Å². The summed E-state index contributed by atoms with van der Waals surface area (Å²) in [5.41, 5.74) is 2.07. The summed E-state index contributed by atoms with van der Waals surface area (Å²) in [4.78, 5) is 33.1. The van der Waals surface area contributed by atoms with Crippen molar-refractivity contribution in [2.45, 2.75) is 38.0 Å². The molecule has 0 spiro atoms. The van der Waals surface area contributed by atoms with Crippen LogP contribution in [-0.2, 0) is 23.9 Å². The largest absolute Gasteiger partial charge is 0.416 e. The van der Waals surface area contributed by atoms with Gasteiger partial charge in [-0.25, -0.2) is 4.39 Å². The van der Waals surface area contributed by atoms with E-state index in [-0.39, 0.29) is 30.9 Å². The van der Waals surface area contributed by atoms with Gasteiger partial charge in [-0.2, -0.15) is 13.2 Å². The van der Waals surface area contributed by atoms with Crippen LogP contribution < -0.4 is 0 Å². The van der Waals surface area contributed by atoms with Gasteiger partial charge < -0.3 is 14.8 Å². The predicted octanol–water partition coefficient (Wildman–Crippen LogP) is 6.20. The first kappa shape index (κ1) is 26.5. The van der Waals surface area contributed by atoms with E-state index in [0.717, 1.165) is 41.4 Å². The minimum absolute atomic E-state index is 0.0759. The first-order chi connectivity index (χ1) is 18.7. The molecule has 1 aliphatic rings. The fourth-order valence-electron chi connectivity index (χ4n) is 4.66. The van der Waals surface area contributed by atoms with Gasteiger partial charge in [-0.3, -0.25) is 9.59 Å². The van der Waals surface area contributed by atoms with Crippen LogP contribution in [0.2, 0.25) is 0 Å². The van der Waals surface area contributed by atoms with Crippen molar-refractivity contribution in [3.63, 3.8) is 0 Å². The summed E-state index contributed by atoms with van der Waals surface area (Å²) < 4.78 is 52.5. The van der Waals surface area contributed by atoms with Gasteiger partial charge in [0.2, 0.25) is 5.91 Å². The van der Waals surface area contributed by atoms with E-state index < -0.39 is 17.6 Å². The van der Waals surface area contributed by atoms with Gasteiger partial charge in [0.05, 0.1) is 5.56 Å². The molecule has 0 saturated heterocycles. The molecule has 0 bridgehead atoms. The first-order valence-electron chi connectivity index (χ1n) is 12.7. The van der Waals surface area contributed by atoms with Crippen molar-refractivity contribution in [2.24, 2.45) is 0 Å². The fraction of sp³-hybridized carbons (Fsp3) is 0.267. The summed E-state index contributed by atoms with van der Waals surface area (Å²) in [7, 11) is 0. The molecule has 0 atom stereocenters. The number of hydrogen-bond donors (Lipinski definition) is 1. The number of aromatic amines is 1. The van der Waals surface area contributed by atoms with Gasteiger partial charge in [-0.1, -0.05) is 30.3 Å². The molecular formula is C30H27F4N3O2. The second-order valence-electron chi connectivity index (χ2n) is 9.79. The van der Waals surface area contributed by atoms with Crippen LogP contribution in [0, 0.1) is 5.82 Å². The van der Waals surface area contributed by atoms with Gasteiger partial charge in [-0.15, -0.1) is 0 Å². The number of rotatable bonds is 9. The molecule has 4 aromatic rings. The van der Waals surface area contributed by atoms with Gasteiger partial charge in [0.15, 0.2) is 0 Å². The van der Waals surface area contributed by atoms with Crippen LogP contribution in [0.4, 0.5) is 17.6 Å². The Balaban J connectivity index is 1.36. The molecule has 1 aromatic heterocycles. The number of carbonyl (C=O) groups is 2. The molecular weight excluding hydrogens is 510 g/mol. The molecule has 3 aromatic carbocycles. The smallest absolute Gasteiger partial charge is 0.361 e. The van der Waals surface area contributed by atoms with E-state index in [0.29, 0.717) is 24.1 Å². The number of carbonyl (C=O) groups excluding carboxylic acids is 2. The molecule has 0 aliphatic heterocycles. The Labute approximate surface area is 223 Å². The number of para-hydroxylation sites is 1. The van der Waals surface area contributed by atoms with Crippen LogP contribution in [-0.4, -0.2) is 45.7 Å². The van der Waals surface area contributed by atoms with Crippen LogP contribution in [0.3, 0.4) is 0 Å². The molecule has 202 valence electrons. The predicted molar refractivity (Wildman–Crippen MR) is 139 cm³/mol. The lowest BCUT2D eigenvalue weighted by atomic mass is 10.1. The van der Waals surface area contributed by atoms with Crippen molar-refractivity contribution in [1.29, 1.82) is 0 Å². The molecule has 39 heavy (non-hydrogen) atoms. The molecule has 1 N–H and O–H groups in total. The normalized spacial score (nSPS) is 13.4. The van der Waals surface area contributed by atoms with E-state index >= 15 is 0 Å². The van der Waals surface area contributed by atoms with Crippen molar-refractivity contribution in [3.05, 3.63) is 107 Å². The van der Waals surface area contributed by atoms with Crippen molar-refractivity contribution in [3.8, 4) is 0 Å². The maximum Gasteiger partial charge on any atom is 0.416 e. The summed E-state index contributed by atoms with van der Waals surface area (Å²) in [5, 5.41) is 1.03. The van der Waals surface area contributed by atoms with E-state index in [1.807, 2.05) is 30.5 Å². The fourth-order valence-corrected chi connectivity index (χ4v) is 4.66. The van der Waals surface area contributed by atoms with Crippen LogP contribution in [0.5, 0.6) is 0 Å². The van der Waals surface area contributed by atoms with Crippen molar-refractivity contribution in [2.75, 3.05) is 13.1 Å². The highest BCUT2D eigenvalue weighted by atomic mass is 19.4. The standard InChI is InChI=1S/C30H27F4N3O2/c31-24-11-7-21(8-12-24)29(39)37(25-13-14-25)19-28(38)36(18-20-5-9-23(10-6-20)30(32,33)34)16-15-22-17-35-27-4-2-1-3-26(22)27/h1-12,17,25,35H,13-16,18-19H2. The number of amides is 2. The lowest BCUT2D eigenvalue weighted by Gasteiger charge is -2.28. The average molecular weight is 538 g/mol. The van der Waals surface area contributed by atoms with E-state index in [1.165, 1.54) is 41.3 Å². The average Bonchev–Trinajstić information content (AvgIpc) is 3.68. The Kier molecular flexibility index (Phi) is 7.41. The lowest BCUT2D eigenvalue weighted by Crippen LogP contribution is -2.44. The van der Waals surface area contributed by atoms with Crippen LogP contribution in [0.15, 0.2) is 79.0 Å². The highest BCUT2D eigenvalue weighted by Gasteiger charge is 2.35. The van der Waals surface area contributed by atoms with E-state index in [4.69, 9.17) is 0 Å². The Morgan fingerprint density at radius 2 is 1.62 bits per heavy atom. The minimum Gasteiger partial charge on any atom is -0.361 e. The topological polar surface area (TPSA) is 56.4 Å². The maximum absolute atomic E-state index is 13.6. The lowest BCUT2D eigenvalue weighted by molar-refractivity contribution is -0.137. The van der Waals surface area contributed by atoms with Gasteiger partial charge in [0, 0.05) is 41.8 Å². The zero-order chi connectivity index (χ0) is 27.6. The maximum atomic E-state index is 13.6. The molecule has 1 heterocycles.